The van der Waals surface area contributed by atoms with E-state index in [4.69, 9.17) is 4.74 Å². The Kier molecular flexibility index (Phi) is 6.52. The minimum Gasteiger partial charge on any atom is -0.465 e. The van der Waals surface area contributed by atoms with Crippen LogP contribution in [0.3, 0.4) is 0 Å². The number of esters is 1. The molecule has 1 atom stereocenters. The summed E-state index contributed by atoms with van der Waals surface area (Å²) in [6, 6.07) is 0. The molecule has 0 bridgehead atoms. The number of aliphatic hydroxyl groups is 1. The second-order valence-corrected chi connectivity index (χ2v) is 4.85. The van der Waals surface area contributed by atoms with Crippen LogP contribution in [0.2, 0.25) is 0 Å². The summed E-state index contributed by atoms with van der Waals surface area (Å²) in [7, 11) is 0. The maximum atomic E-state index is 10.9. The normalized spacial score (nSPS) is 13.7. The van der Waals surface area contributed by atoms with Gasteiger partial charge in [-0.1, -0.05) is 20.8 Å². The average molecular weight is 217 g/mol. The van der Waals surface area contributed by atoms with Crippen LogP contribution in [-0.4, -0.2) is 36.9 Å². The van der Waals surface area contributed by atoms with E-state index in [1.54, 1.807) is 6.92 Å². The number of ether oxygens (including phenoxy) is 1. The number of hydrogen-bond acceptors (Lipinski definition) is 4. The molecule has 2 N–H and O–H groups in total. The third kappa shape index (κ3) is 9.69. The van der Waals surface area contributed by atoms with Gasteiger partial charge in [0.25, 0.3) is 0 Å². The van der Waals surface area contributed by atoms with Gasteiger partial charge in [0.05, 0.1) is 19.3 Å². The van der Waals surface area contributed by atoms with Crippen LogP contribution >= 0.6 is 0 Å². The molecule has 0 fully saturated rings. The smallest absolute Gasteiger partial charge is 0.319 e. The molecule has 0 aromatic heterocycles. The Morgan fingerprint density at radius 2 is 2.07 bits per heavy atom. The molecule has 15 heavy (non-hydrogen) atoms. The zero-order valence-electron chi connectivity index (χ0n) is 10.2. The Bertz CT molecular complexity index is 187. The van der Waals surface area contributed by atoms with Crippen molar-refractivity contribution in [1.29, 1.82) is 0 Å². The van der Waals surface area contributed by atoms with Gasteiger partial charge >= 0.3 is 5.97 Å². The van der Waals surface area contributed by atoms with Crippen LogP contribution in [0, 0.1) is 5.41 Å². The minimum absolute atomic E-state index is 0.102. The van der Waals surface area contributed by atoms with Gasteiger partial charge in [-0.15, -0.1) is 0 Å². The molecule has 0 aliphatic carbocycles. The maximum Gasteiger partial charge on any atom is 0.319 e. The van der Waals surface area contributed by atoms with Crippen LogP contribution in [-0.2, 0) is 9.53 Å². The highest BCUT2D eigenvalue weighted by Crippen LogP contribution is 2.20. The van der Waals surface area contributed by atoms with Gasteiger partial charge in [-0.05, 0) is 18.8 Å². The summed E-state index contributed by atoms with van der Waals surface area (Å²) in [5.41, 5.74) is 0.102. The van der Waals surface area contributed by atoms with E-state index < -0.39 is 6.10 Å². The van der Waals surface area contributed by atoms with Gasteiger partial charge in [0.1, 0.15) is 0 Å². The molecule has 0 aliphatic rings. The van der Waals surface area contributed by atoms with Crippen molar-refractivity contribution in [3.63, 3.8) is 0 Å². The van der Waals surface area contributed by atoms with E-state index in [-0.39, 0.29) is 17.9 Å². The Labute approximate surface area is 92.0 Å². The van der Waals surface area contributed by atoms with Crippen LogP contribution < -0.4 is 5.32 Å². The highest BCUT2D eigenvalue weighted by atomic mass is 16.5. The molecule has 0 aromatic carbocycles. The van der Waals surface area contributed by atoms with E-state index in [1.165, 1.54) is 0 Å². The quantitative estimate of drug-likeness (QED) is 0.650. The lowest BCUT2D eigenvalue weighted by molar-refractivity contribution is -0.142. The van der Waals surface area contributed by atoms with E-state index >= 15 is 0 Å². The van der Waals surface area contributed by atoms with Crippen molar-refractivity contribution >= 4 is 5.97 Å². The number of nitrogens with one attached hydrogen (secondary N) is 1. The lowest BCUT2D eigenvalue weighted by Gasteiger charge is -2.22. The largest absolute Gasteiger partial charge is 0.465 e. The SMILES string of the molecule is CCOC(=O)CNCC(O)CC(C)(C)C. The summed E-state index contributed by atoms with van der Waals surface area (Å²) in [5.74, 6) is -0.277. The van der Waals surface area contributed by atoms with Crippen LogP contribution in [0.5, 0.6) is 0 Å². The molecule has 4 heteroatoms. The van der Waals surface area contributed by atoms with Gasteiger partial charge < -0.3 is 15.2 Å². The van der Waals surface area contributed by atoms with Crippen LogP contribution in [0.25, 0.3) is 0 Å². The number of rotatable bonds is 6. The molecule has 0 radical (unpaired) electrons. The molecule has 0 heterocycles. The molecular formula is C11H23NO3. The molecular weight excluding hydrogens is 194 g/mol. The zero-order valence-corrected chi connectivity index (χ0v) is 10.2. The minimum atomic E-state index is -0.417. The molecule has 0 spiro atoms. The van der Waals surface area contributed by atoms with Gasteiger partial charge in [0, 0.05) is 6.54 Å². The first-order valence-corrected chi connectivity index (χ1v) is 5.39. The summed E-state index contributed by atoms with van der Waals surface area (Å²) in [6.07, 6.45) is 0.294. The number of carbonyl (C=O) groups excluding carboxylic acids is 1. The van der Waals surface area contributed by atoms with Gasteiger partial charge in [-0.3, -0.25) is 4.79 Å². The number of carbonyl (C=O) groups is 1. The average Bonchev–Trinajstić information content (AvgIpc) is 2.00. The topological polar surface area (TPSA) is 58.6 Å². The van der Waals surface area contributed by atoms with Gasteiger partial charge in [0.15, 0.2) is 0 Å². The summed E-state index contributed by atoms with van der Waals surface area (Å²) in [6.45, 7) is 8.97. The fourth-order valence-corrected chi connectivity index (χ4v) is 1.33. The van der Waals surface area contributed by atoms with E-state index in [2.05, 4.69) is 26.1 Å². The Balaban J connectivity index is 3.55. The highest BCUT2D eigenvalue weighted by Gasteiger charge is 2.16. The van der Waals surface area contributed by atoms with Crippen molar-refractivity contribution in [3.05, 3.63) is 0 Å². The highest BCUT2D eigenvalue weighted by molar-refractivity contribution is 5.71. The summed E-state index contributed by atoms with van der Waals surface area (Å²) in [5, 5.41) is 12.5. The van der Waals surface area contributed by atoms with Gasteiger partial charge in [-0.2, -0.15) is 0 Å². The lowest BCUT2D eigenvalue weighted by Crippen LogP contribution is -2.34. The second kappa shape index (κ2) is 6.80. The molecule has 0 amide bonds. The van der Waals surface area contributed by atoms with Crippen LogP contribution in [0.4, 0.5) is 0 Å². The van der Waals surface area contributed by atoms with Crippen LogP contribution in [0.15, 0.2) is 0 Å². The van der Waals surface area contributed by atoms with E-state index in [0.717, 1.165) is 0 Å². The van der Waals surface area contributed by atoms with E-state index in [1.807, 2.05) is 0 Å². The molecule has 0 saturated carbocycles. The summed E-state index contributed by atoms with van der Waals surface area (Å²) in [4.78, 5) is 10.9. The maximum absolute atomic E-state index is 10.9. The van der Waals surface area contributed by atoms with Crippen molar-refractivity contribution in [2.45, 2.75) is 40.2 Å². The first-order chi connectivity index (χ1) is 6.85. The predicted molar refractivity (Wildman–Crippen MR) is 59.6 cm³/mol. The molecule has 0 aliphatic heterocycles. The van der Waals surface area contributed by atoms with Gasteiger partial charge in [0.2, 0.25) is 0 Å². The Hall–Kier alpha value is -0.610. The third-order valence-electron chi connectivity index (χ3n) is 1.80. The van der Waals surface area contributed by atoms with Crippen molar-refractivity contribution in [2.24, 2.45) is 5.41 Å². The monoisotopic (exact) mass is 217 g/mol. The third-order valence-corrected chi connectivity index (χ3v) is 1.80. The molecule has 0 rings (SSSR count). The first-order valence-electron chi connectivity index (χ1n) is 5.39. The fraction of sp³-hybridized carbons (Fsp3) is 0.909. The fourth-order valence-electron chi connectivity index (χ4n) is 1.33. The Morgan fingerprint density at radius 3 is 2.53 bits per heavy atom. The molecule has 90 valence electrons. The first kappa shape index (κ1) is 14.4. The summed E-state index contributed by atoms with van der Waals surface area (Å²) >= 11 is 0. The molecule has 1 unspecified atom stereocenters. The predicted octanol–water partition coefficient (Wildman–Crippen LogP) is 0.936. The van der Waals surface area contributed by atoms with E-state index in [9.17, 15) is 9.90 Å². The molecule has 0 saturated heterocycles. The Morgan fingerprint density at radius 1 is 1.47 bits per heavy atom. The summed E-state index contributed by atoms with van der Waals surface area (Å²) < 4.78 is 4.74. The van der Waals surface area contributed by atoms with Crippen molar-refractivity contribution < 1.29 is 14.6 Å². The standard InChI is InChI=1S/C11H23NO3/c1-5-15-10(14)8-12-7-9(13)6-11(2,3)4/h9,12-13H,5-8H2,1-4H3. The number of aliphatic hydroxyl groups excluding tert-OH is 1. The lowest BCUT2D eigenvalue weighted by atomic mass is 9.89. The van der Waals surface area contributed by atoms with Gasteiger partial charge in [-0.25, -0.2) is 0 Å². The second-order valence-electron chi connectivity index (χ2n) is 4.85. The zero-order chi connectivity index (χ0) is 11.9. The van der Waals surface area contributed by atoms with Crippen LogP contribution in [0.1, 0.15) is 34.1 Å². The molecule has 0 aromatic rings. The van der Waals surface area contributed by atoms with E-state index in [0.29, 0.717) is 19.6 Å². The van der Waals surface area contributed by atoms with Crippen molar-refractivity contribution in [2.75, 3.05) is 19.7 Å². The molecule has 4 nitrogen and oxygen atoms in total. The number of hydrogen-bond donors (Lipinski definition) is 2. The van der Waals surface area contributed by atoms with Crippen molar-refractivity contribution in [3.8, 4) is 0 Å². The van der Waals surface area contributed by atoms with Crippen molar-refractivity contribution in [1.82, 2.24) is 5.32 Å².